The highest BCUT2D eigenvalue weighted by Gasteiger charge is 2.24. The van der Waals surface area contributed by atoms with Crippen LogP contribution in [0.2, 0.25) is 0 Å². The van der Waals surface area contributed by atoms with Crippen LogP contribution >= 0.6 is 0 Å². The molecule has 0 saturated heterocycles. The molecule has 124 valence electrons. The van der Waals surface area contributed by atoms with Crippen molar-refractivity contribution in [2.45, 2.75) is 92.1 Å². The third-order valence-electron chi connectivity index (χ3n) is 4.12. The fraction of sp³-hybridized carbons (Fsp3) is 0.842. The van der Waals surface area contributed by atoms with Gasteiger partial charge in [-0.3, -0.25) is 4.79 Å². The second kappa shape index (κ2) is 9.40. The van der Waals surface area contributed by atoms with E-state index in [9.17, 15) is 9.90 Å². The van der Waals surface area contributed by atoms with Crippen LogP contribution in [0.15, 0.2) is 12.2 Å². The van der Waals surface area contributed by atoms with Gasteiger partial charge in [0.05, 0.1) is 5.60 Å². The van der Waals surface area contributed by atoms with E-state index in [2.05, 4.69) is 13.8 Å². The molecule has 0 bridgehead atoms. The molecule has 0 aromatic heterocycles. The second-order valence-corrected chi connectivity index (χ2v) is 7.80. The van der Waals surface area contributed by atoms with Crippen molar-refractivity contribution in [3.63, 3.8) is 0 Å². The molecule has 0 aromatic carbocycles. The van der Waals surface area contributed by atoms with E-state index in [1.165, 1.54) is 0 Å². The number of rotatable bonds is 11. The summed E-state index contributed by atoms with van der Waals surface area (Å²) in [5.74, 6) is 0.815. The van der Waals surface area contributed by atoms with Crippen LogP contribution in [0.5, 0.6) is 0 Å². The van der Waals surface area contributed by atoms with Crippen LogP contribution in [0.25, 0.3) is 0 Å². The molecule has 1 N–H and O–H groups in total. The number of ketones is 1. The van der Waals surface area contributed by atoms with Crippen molar-refractivity contribution in [3.8, 4) is 0 Å². The lowest BCUT2D eigenvalue weighted by molar-refractivity contribution is -0.122. The van der Waals surface area contributed by atoms with Crippen LogP contribution in [-0.2, 0) is 4.79 Å². The Morgan fingerprint density at radius 1 is 1.14 bits per heavy atom. The summed E-state index contributed by atoms with van der Waals surface area (Å²) in [7, 11) is 0. The Bertz CT molecular complexity index is 321. The van der Waals surface area contributed by atoms with Gasteiger partial charge >= 0.3 is 0 Å². The Balaban J connectivity index is 4.05. The first-order valence-corrected chi connectivity index (χ1v) is 8.52. The summed E-state index contributed by atoms with van der Waals surface area (Å²) in [5, 5.41) is 9.68. The Hall–Kier alpha value is -0.630. The zero-order valence-electron chi connectivity index (χ0n) is 15.0. The zero-order valence-corrected chi connectivity index (χ0v) is 15.0. The number of hydrogen-bond acceptors (Lipinski definition) is 2. The predicted molar refractivity (Wildman–Crippen MR) is 91.4 cm³/mol. The molecule has 0 saturated carbocycles. The summed E-state index contributed by atoms with van der Waals surface area (Å²) in [6, 6.07) is 0. The molecule has 0 aliphatic heterocycles. The highest BCUT2D eigenvalue weighted by molar-refractivity contribution is 5.94. The molecule has 0 fully saturated rings. The summed E-state index contributed by atoms with van der Waals surface area (Å²) >= 11 is 0. The molecule has 0 spiro atoms. The minimum absolute atomic E-state index is 0.226. The second-order valence-electron chi connectivity index (χ2n) is 7.80. The zero-order chi connectivity index (χ0) is 16.5. The number of carbonyl (C=O) groups excluding carboxylic acids is 1. The van der Waals surface area contributed by atoms with Crippen LogP contribution in [0, 0.1) is 11.3 Å². The lowest BCUT2D eigenvalue weighted by Crippen LogP contribution is -2.22. The lowest BCUT2D eigenvalue weighted by atomic mass is 9.82. The smallest absolute Gasteiger partial charge is 0.160 e. The van der Waals surface area contributed by atoms with Crippen molar-refractivity contribution in [3.05, 3.63) is 12.2 Å². The molecule has 0 amide bonds. The van der Waals surface area contributed by atoms with Gasteiger partial charge < -0.3 is 5.11 Å². The first-order chi connectivity index (χ1) is 9.58. The maximum absolute atomic E-state index is 12.2. The largest absolute Gasteiger partial charge is 0.390 e. The Kier molecular flexibility index (Phi) is 9.12. The van der Waals surface area contributed by atoms with E-state index in [-0.39, 0.29) is 11.2 Å². The van der Waals surface area contributed by atoms with Crippen molar-refractivity contribution >= 4 is 5.78 Å². The van der Waals surface area contributed by atoms with E-state index >= 15 is 0 Å². The minimum atomic E-state index is -0.561. The van der Waals surface area contributed by atoms with Gasteiger partial charge in [0.25, 0.3) is 0 Å². The summed E-state index contributed by atoms with van der Waals surface area (Å²) < 4.78 is 0. The van der Waals surface area contributed by atoms with Crippen molar-refractivity contribution in [1.82, 2.24) is 0 Å². The van der Waals surface area contributed by atoms with E-state index in [1.807, 2.05) is 33.8 Å². The Labute approximate surface area is 132 Å². The minimum Gasteiger partial charge on any atom is -0.390 e. The monoisotopic (exact) mass is 296 g/mol. The Morgan fingerprint density at radius 2 is 1.76 bits per heavy atom. The first-order valence-electron chi connectivity index (χ1n) is 8.52. The van der Waals surface area contributed by atoms with Gasteiger partial charge in [0, 0.05) is 5.41 Å². The van der Waals surface area contributed by atoms with Crippen molar-refractivity contribution < 1.29 is 9.90 Å². The van der Waals surface area contributed by atoms with E-state index in [4.69, 9.17) is 0 Å². The van der Waals surface area contributed by atoms with Gasteiger partial charge in [-0.05, 0) is 45.1 Å². The summed E-state index contributed by atoms with van der Waals surface area (Å²) in [5.41, 5.74) is -0.786. The quantitative estimate of drug-likeness (QED) is 0.526. The van der Waals surface area contributed by atoms with Gasteiger partial charge in [0.1, 0.15) is 0 Å². The third-order valence-corrected chi connectivity index (χ3v) is 4.12. The topological polar surface area (TPSA) is 37.3 Å². The van der Waals surface area contributed by atoms with Crippen LogP contribution < -0.4 is 0 Å². The molecule has 2 nitrogen and oxygen atoms in total. The highest BCUT2D eigenvalue weighted by atomic mass is 16.3. The number of hydrogen-bond donors (Lipinski definition) is 1. The Morgan fingerprint density at radius 3 is 2.29 bits per heavy atom. The molecule has 0 unspecified atom stereocenters. The molecule has 2 heteroatoms. The number of aliphatic hydroxyl groups is 1. The van der Waals surface area contributed by atoms with Crippen molar-refractivity contribution in [2.24, 2.45) is 11.3 Å². The van der Waals surface area contributed by atoms with Gasteiger partial charge in [-0.15, -0.1) is 0 Å². The molecule has 0 aromatic rings. The molecular formula is C19H36O2. The summed E-state index contributed by atoms with van der Waals surface area (Å²) in [4.78, 5) is 12.2. The molecule has 0 aliphatic carbocycles. The maximum atomic E-state index is 12.2. The number of unbranched alkanes of at least 4 members (excludes halogenated alkanes) is 1. The SMILES string of the molecule is CCCCC(C)(C)C(=O)C=CC[C@H](C)CCCC(C)(C)O. The molecule has 0 heterocycles. The van der Waals surface area contributed by atoms with Crippen LogP contribution in [0.3, 0.4) is 0 Å². The first kappa shape index (κ1) is 20.4. The van der Waals surface area contributed by atoms with Gasteiger partial charge in [-0.2, -0.15) is 0 Å². The van der Waals surface area contributed by atoms with Gasteiger partial charge in [-0.1, -0.05) is 59.5 Å². The molecule has 21 heavy (non-hydrogen) atoms. The van der Waals surface area contributed by atoms with E-state index in [0.717, 1.165) is 44.9 Å². The molecule has 0 aliphatic rings. The van der Waals surface area contributed by atoms with E-state index in [0.29, 0.717) is 5.92 Å². The average Bonchev–Trinajstić information content (AvgIpc) is 2.34. The fourth-order valence-corrected chi connectivity index (χ4v) is 2.38. The predicted octanol–water partition coefficient (Wildman–Crippen LogP) is 5.30. The maximum Gasteiger partial charge on any atom is 0.160 e. The van der Waals surface area contributed by atoms with E-state index < -0.39 is 5.60 Å². The third kappa shape index (κ3) is 10.7. The summed E-state index contributed by atoms with van der Waals surface area (Å²) in [6.07, 6.45) is 10.9. The highest BCUT2D eigenvalue weighted by Crippen LogP contribution is 2.25. The van der Waals surface area contributed by atoms with Gasteiger partial charge in [0.15, 0.2) is 5.78 Å². The lowest BCUT2D eigenvalue weighted by Gasteiger charge is -2.21. The van der Waals surface area contributed by atoms with Crippen molar-refractivity contribution in [2.75, 3.05) is 0 Å². The molecular weight excluding hydrogens is 260 g/mol. The molecule has 0 rings (SSSR count). The van der Waals surface area contributed by atoms with Crippen LogP contribution in [0.4, 0.5) is 0 Å². The van der Waals surface area contributed by atoms with E-state index in [1.54, 1.807) is 6.08 Å². The van der Waals surface area contributed by atoms with Crippen molar-refractivity contribution in [1.29, 1.82) is 0 Å². The summed E-state index contributed by atoms with van der Waals surface area (Å²) in [6.45, 7) is 12.2. The van der Waals surface area contributed by atoms with Crippen LogP contribution in [-0.4, -0.2) is 16.5 Å². The number of carbonyl (C=O) groups is 1. The van der Waals surface area contributed by atoms with Crippen LogP contribution in [0.1, 0.15) is 86.5 Å². The average molecular weight is 296 g/mol. The molecule has 1 atom stereocenters. The fourth-order valence-electron chi connectivity index (χ4n) is 2.38. The normalized spacial score (nSPS) is 14.6. The number of allylic oxidation sites excluding steroid dienone is 2. The van der Waals surface area contributed by atoms with Gasteiger partial charge in [-0.25, -0.2) is 0 Å². The standard InChI is InChI=1S/C19H36O2/c1-7-8-14-18(3,4)17(20)13-9-11-16(2)12-10-15-19(5,6)21/h9,13,16,21H,7-8,10-12,14-15H2,1-6H3/t16-/m0/s1. The molecule has 0 radical (unpaired) electrons. The van der Waals surface area contributed by atoms with Gasteiger partial charge in [0.2, 0.25) is 0 Å².